The summed E-state index contributed by atoms with van der Waals surface area (Å²) in [6.45, 7) is 3.61. The highest BCUT2D eigenvalue weighted by molar-refractivity contribution is 6.06. The highest BCUT2D eigenvalue weighted by Crippen LogP contribution is 2.25. The highest BCUT2D eigenvalue weighted by Gasteiger charge is 2.36. The number of nitrogens with zero attached hydrogens (tertiary/aromatic N) is 2. The second-order valence-corrected chi connectivity index (χ2v) is 5.02. The first kappa shape index (κ1) is 13.4. The smallest absolute Gasteiger partial charge is 0.249 e. The van der Waals surface area contributed by atoms with Gasteiger partial charge in [-0.05, 0) is 38.1 Å². The minimum atomic E-state index is -0.349. The number of rotatable bonds is 2. The van der Waals surface area contributed by atoms with Gasteiger partial charge in [0, 0.05) is 25.5 Å². The van der Waals surface area contributed by atoms with Crippen LogP contribution in [-0.2, 0) is 9.59 Å². The lowest BCUT2D eigenvalue weighted by molar-refractivity contribution is -0.134. The molecule has 1 aromatic carbocycles. The molecule has 2 rings (SSSR count). The van der Waals surface area contributed by atoms with Crippen LogP contribution < -0.4 is 15.1 Å². The molecule has 2 unspecified atom stereocenters. The van der Waals surface area contributed by atoms with Crippen molar-refractivity contribution in [3.63, 3.8) is 0 Å². The number of benzene rings is 1. The third-order valence-electron chi connectivity index (χ3n) is 3.50. The molecule has 0 spiro atoms. The second-order valence-electron chi connectivity index (χ2n) is 5.02. The maximum atomic E-state index is 11.7. The highest BCUT2D eigenvalue weighted by atomic mass is 16.2. The molecule has 0 radical (unpaired) electrons. The topological polar surface area (TPSA) is 52.7 Å². The van der Waals surface area contributed by atoms with E-state index in [1.54, 1.807) is 13.8 Å². The zero-order chi connectivity index (χ0) is 14.2. The number of hydrogen-bond acceptors (Lipinski definition) is 4. The number of hydrogen-bond donors (Lipinski definition) is 1. The molecule has 1 saturated heterocycles. The van der Waals surface area contributed by atoms with Crippen LogP contribution in [0.3, 0.4) is 0 Å². The van der Waals surface area contributed by atoms with Crippen LogP contribution >= 0.6 is 0 Å². The maximum absolute atomic E-state index is 11.7. The van der Waals surface area contributed by atoms with Crippen LogP contribution in [-0.4, -0.2) is 38.0 Å². The fraction of sp³-hybridized carbons (Fsp3) is 0.429. The van der Waals surface area contributed by atoms with Crippen LogP contribution in [0.5, 0.6) is 0 Å². The largest absolute Gasteiger partial charge is 0.378 e. The van der Waals surface area contributed by atoms with Gasteiger partial charge in [-0.25, -0.2) is 0 Å². The van der Waals surface area contributed by atoms with E-state index >= 15 is 0 Å². The number of carbonyl (C=O) groups excluding carboxylic acids is 2. The molecule has 102 valence electrons. The number of imide groups is 1. The molecule has 0 aromatic heterocycles. The summed E-state index contributed by atoms with van der Waals surface area (Å²) >= 11 is 0. The molecule has 1 N–H and O–H groups in total. The molecule has 0 bridgehead atoms. The quantitative estimate of drug-likeness (QED) is 0.807. The van der Waals surface area contributed by atoms with E-state index in [2.05, 4.69) is 5.32 Å². The van der Waals surface area contributed by atoms with Gasteiger partial charge in [0.2, 0.25) is 11.8 Å². The van der Waals surface area contributed by atoms with E-state index in [4.69, 9.17) is 0 Å². The molecule has 0 aliphatic carbocycles. The number of nitrogens with one attached hydrogen (secondary N) is 1. The van der Waals surface area contributed by atoms with E-state index < -0.39 is 0 Å². The lowest BCUT2D eigenvalue weighted by Gasteiger charge is -2.38. The predicted molar refractivity (Wildman–Crippen MR) is 75.3 cm³/mol. The predicted octanol–water partition coefficient (Wildman–Crippen LogP) is 0.992. The first-order chi connectivity index (χ1) is 8.91. The summed E-state index contributed by atoms with van der Waals surface area (Å²) < 4.78 is 0. The molecule has 1 aromatic rings. The van der Waals surface area contributed by atoms with Gasteiger partial charge in [0.25, 0.3) is 0 Å². The zero-order valence-corrected chi connectivity index (χ0v) is 11.7. The third kappa shape index (κ3) is 2.41. The van der Waals surface area contributed by atoms with Gasteiger partial charge in [0.05, 0.1) is 0 Å². The molecule has 1 aliphatic heterocycles. The summed E-state index contributed by atoms with van der Waals surface area (Å²) in [5.41, 5.74) is 1.96. The lowest BCUT2D eigenvalue weighted by Crippen LogP contribution is -2.61. The summed E-state index contributed by atoms with van der Waals surface area (Å²) in [5.74, 6) is -0.500. The second kappa shape index (κ2) is 4.91. The van der Waals surface area contributed by atoms with Gasteiger partial charge in [-0.1, -0.05) is 0 Å². The first-order valence-corrected chi connectivity index (χ1v) is 6.32. The van der Waals surface area contributed by atoms with Crippen LogP contribution in [0.1, 0.15) is 13.8 Å². The third-order valence-corrected chi connectivity index (χ3v) is 3.50. The van der Waals surface area contributed by atoms with Crippen LogP contribution in [0, 0.1) is 0 Å². The van der Waals surface area contributed by atoms with Crippen molar-refractivity contribution in [1.82, 2.24) is 5.32 Å². The van der Waals surface area contributed by atoms with Gasteiger partial charge < -0.3 is 9.80 Å². The van der Waals surface area contributed by atoms with Crippen molar-refractivity contribution in [3.05, 3.63) is 24.3 Å². The Bertz CT molecular complexity index is 476. The van der Waals surface area contributed by atoms with E-state index in [0.29, 0.717) is 0 Å². The average Bonchev–Trinajstić information content (AvgIpc) is 2.37. The van der Waals surface area contributed by atoms with Crippen molar-refractivity contribution < 1.29 is 9.59 Å². The van der Waals surface area contributed by atoms with Crippen molar-refractivity contribution in [2.45, 2.75) is 25.9 Å². The van der Waals surface area contributed by atoms with Gasteiger partial charge in [-0.15, -0.1) is 0 Å². The van der Waals surface area contributed by atoms with Gasteiger partial charge in [-0.3, -0.25) is 14.9 Å². The van der Waals surface area contributed by atoms with Gasteiger partial charge >= 0.3 is 0 Å². The SMILES string of the molecule is CC1C(=O)NC(=O)C(C)N1c1ccc(N(C)C)cc1. The van der Waals surface area contributed by atoms with E-state index in [-0.39, 0.29) is 23.9 Å². The number of amides is 2. The fourth-order valence-corrected chi connectivity index (χ4v) is 2.29. The van der Waals surface area contributed by atoms with Crippen LogP contribution in [0.4, 0.5) is 11.4 Å². The van der Waals surface area contributed by atoms with Crippen molar-refractivity contribution in [2.24, 2.45) is 0 Å². The standard InChI is InChI=1S/C14H19N3O2/c1-9-13(18)15-14(19)10(2)17(9)12-7-5-11(6-8-12)16(3)4/h5-10H,1-4H3,(H,15,18,19). The Balaban J connectivity index is 2.32. The van der Waals surface area contributed by atoms with E-state index in [1.807, 2.05) is 48.2 Å². The van der Waals surface area contributed by atoms with E-state index in [0.717, 1.165) is 11.4 Å². The Kier molecular flexibility index (Phi) is 3.46. The fourth-order valence-electron chi connectivity index (χ4n) is 2.29. The average molecular weight is 261 g/mol. The molecule has 2 amide bonds. The maximum Gasteiger partial charge on any atom is 0.249 e. The molecule has 1 fully saturated rings. The molecular formula is C14H19N3O2. The monoisotopic (exact) mass is 261 g/mol. The lowest BCUT2D eigenvalue weighted by atomic mass is 10.1. The van der Waals surface area contributed by atoms with Crippen LogP contribution in [0.25, 0.3) is 0 Å². The molecule has 19 heavy (non-hydrogen) atoms. The molecule has 0 saturated carbocycles. The minimum Gasteiger partial charge on any atom is -0.378 e. The molecular weight excluding hydrogens is 242 g/mol. The Morgan fingerprint density at radius 2 is 1.47 bits per heavy atom. The van der Waals surface area contributed by atoms with E-state index in [1.165, 1.54) is 0 Å². The number of anilines is 2. The summed E-state index contributed by atoms with van der Waals surface area (Å²) in [6.07, 6.45) is 0. The summed E-state index contributed by atoms with van der Waals surface area (Å²) in [4.78, 5) is 27.3. The first-order valence-electron chi connectivity index (χ1n) is 6.32. The molecule has 5 heteroatoms. The molecule has 1 aliphatic rings. The minimum absolute atomic E-state index is 0.250. The molecule has 1 heterocycles. The van der Waals surface area contributed by atoms with Crippen LogP contribution in [0.15, 0.2) is 24.3 Å². The molecule has 5 nitrogen and oxygen atoms in total. The summed E-state index contributed by atoms with van der Waals surface area (Å²) in [7, 11) is 3.94. The van der Waals surface area contributed by atoms with Gasteiger partial charge in [0.1, 0.15) is 12.1 Å². The van der Waals surface area contributed by atoms with Crippen molar-refractivity contribution in [2.75, 3.05) is 23.9 Å². The van der Waals surface area contributed by atoms with Crippen molar-refractivity contribution in [1.29, 1.82) is 0 Å². The summed E-state index contributed by atoms with van der Waals surface area (Å²) in [6, 6.07) is 7.13. The zero-order valence-electron chi connectivity index (χ0n) is 11.7. The number of piperazine rings is 1. The Morgan fingerprint density at radius 3 is 1.89 bits per heavy atom. The Morgan fingerprint density at radius 1 is 1.00 bits per heavy atom. The number of carbonyl (C=O) groups is 2. The van der Waals surface area contributed by atoms with Gasteiger partial charge in [0.15, 0.2) is 0 Å². The van der Waals surface area contributed by atoms with E-state index in [9.17, 15) is 9.59 Å². The van der Waals surface area contributed by atoms with Crippen molar-refractivity contribution in [3.8, 4) is 0 Å². The summed E-state index contributed by atoms with van der Waals surface area (Å²) in [5, 5.41) is 2.38. The Labute approximate surface area is 113 Å². The Hall–Kier alpha value is -2.04. The van der Waals surface area contributed by atoms with Gasteiger partial charge in [-0.2, -0.15) is 0 Å². The normalized spacial score (nSPS) is 23.3. The molecule has 2 atom stereocenters. The van der Waals surface area contributed by atoms with Crippen LogP contribution in [0.2, 0.25) is 0 Å². The van der Waals surface area contributed by atoms with Crippen molar-refractivity contribution >= 4 is 23.2 Å².